The first-order chi connectivity index (χ1) is 8.92. The second-order valence-corrected chi connectivity index (χ2v) is 5.66. The monoisotopic (exact) mass is 263 g/mol. The Morgan fingerprint density at radius 3 is 2.42 bits per heavy atom. The molecule has 0 saturated heterocycles. The number of ether oxygens (including phenoxy) is 1. The molecule has 0 saturated carbocycles. The van der Waals surface area contributed by atoms with E-state index in [9.17, 15) is 4.79 Å². The van der Waals surface area contributed by atoms with E-state index in [0.717, 1.165) is 6.42 Å². The zero-order valence-electron chi connectivity index (χ0n) is 12.4. The Bertz CT molecular complexity index is 381. The van der Waals surface area contributed by atoms with Crippen LogP contribution in [0.4, 0.5) is 0 Å². The molecule has 19 heavy (non-hydrogen) atoms. The van der Waals surface area contributed by atoms with Crippen molar-refractivity contribution in [2.24, 2.45) is 0 Å². The van der Waals surface area contributed by atoms with Crippen molar-refractivity contribution in [1.82, 2.24) is 5.32 Å². The third-order valence-electron chi connectivity index (χ3n) is 2.75. The lowest BCUT2D eigenvalue weighted by Crippen LogP contribution is -2.28. The molecule has 1 atom stereocenters. The number of rotatable bonds is 6. The predicted octanol–water partition coefficient (Wildman–Crippen LogP) is 3.46. The van der Waals surface area contributed by atoms with Gasteiger partial charge in [-0.05, 0) is 32.8 Å². The van der Waals surface area contributed by atoms with Crippen molar-refractivity contribution in [1.29, 1.82) is 0 Å². The van der Waals surface area contributed by atoms with Crippen LogP contribution in [-0.4, -0.2) is 18.1 Å². The molecule has 0 aliphatic carbocycles. The molecule has 1 rings (SSSR count). The topological polar surface area (TPSA) is 38.3 Å². The standard InChI is InChI=1S/C16H25NO2/c1-5-14(13-9-7-6-8-10-13)17-12-11-15(18)19-16(2,3)4/h6-10,14,17H,5,11-12H2,1-4H3. The minimum Gasteiger partial charge on any atom is -0.460 e. The van der Waals surface area contributed by atoms with E-state index >= 15 is 0 Å². The lowest BCUT2D eigenvalue weighted by Gasteiger charge is -2.21. The largest absolute Gasteiger partial charge is 0.460 e. The van der Waals surface area contributed by atoms with Crippen molar-refractivity contribution >= 4 is 5.97 Å². The molecule has 1 unspecified atom stereocenters. The Morgan fingerprint density at radius 1 is 1.26 bits per heavy atom. The van der Waals surface area contributed by atoms with E-state index in [2.05, 4.69) is 24.4 Å². The number of esters is 1. The normalized spacial score (nSPS) is 13.1. The van der Waals surface area contributed by atoms with Crippen LogP contribution in [0.5, 0.6) is 0 Å². The highest BCUT2D eigenvalue weighted by Gasteiger charge is 2.16. The molecule has 3 heteroatoms. The van der Waals surface area contributed by atoms with Gasteiger partial charge in [0, 0.05) is 12.6 Å². The fraction of sp³-hybridized carbons (Fsp3) is 0.562. The highest BCUT2D eigenvalue weighted by molar-refractivity contribution is 5.70. The second kappa shape index (κ2) is 7.29. The molecule has 3 nitrogen and oxygen atoms in total. The molecule has 1 aromatic carbocycles. The molecule has 0 radical (unpaired) electrons. The van der Waals surface area contributed by atoms with Gasteiger partial charge in [-0.15, -0.1) is 0 Å². The fourth-order valence-corrected chi connectivity index (χ4v) is 1.92. The highest BCUT2D eigenvalue weighted by atomic mass is 16.6. The molecular formula is C16H25NO2. The summed E-state index contributed by atoms with van der Waals surface area (Å²) in [6.45, 7) is 8.44. The number of nitrogens with one attached hydrogen (secondary N) is 1. The Hall–Kier alpha value is -1.35. The van der Waals surface area contributed by atoms with Crippen molar-refractivity contribution in [3.05, 3.63) is 35.9 Å². The average Bonchev–Trinajstić information content (AvgIpc) is 2.33. The molecule has 0 fully saturated rings. The lowest BCUT2D eigenvalue weighted by atomic mass is 10.0. The average molecular weight is 263 g/mol. The van der Waals surface area contributed by atoms with E-state index in [4.69, 9.17) is 4.74 Å². The third-order valence-corrected chi connectivity index (χ3v) is 2.75. The molecule has 0 bridgehead atoms. The minimum absolute atomic E-state index is 0.150. The summed E-state index contributed by atoms with van der Waals surface area (Å²) in [6.07, 6.45) is 1.40. The van der Waals surface area contributed by atoms with Crippen LogP contribution in [0.3, 0.4) is 0 Å². The summed E-state index contributed by atoms with van der Waals surface area (Å²) in [4.78, 5) is 11.6. The van der Waals surface area contributed by atoms with Crippen LogP contribution in [0.2, 0.25) is 0 Å². The number of carbonyl (C=O) groups excluding carboxylic acids is 1. The molecule has 1 aromatic rings. The quantitative estimate of drug-likeness (QED) is 0.799. The molecule has 0 aromatic heterocycles. The van der Waals surface area contributed by atoms with Crippen molar-refractivity contribution in [3.8, 4) is 0 Å². The minimum atomic E-state index is -0.402. The first-order valence-electron chi connectivity index (χ1n) is 6.92. The summed E-state index contributed by atoms with van der Waals surface area (Å²) < 4.78 is 5.28. The highest BCUT2D eigenvalue weighted by Crippen LogP contribution is 2.15. The van der Waals surface area contributed by atoms with Gasteiger partial charge in [0.05, 0.1) is 6.42 Å². The Morgan fingerprint density at radius 2 is 1.89 bits per heavy atom. The molecule has 0 spiro atoms. The van der Waals surface area contributed by atoms with Gasteiger partial charge in [0.15, 0.2) is 0 Å². The maximum absolute atomic E-state index is 11.6. The molecular weight excluding hydrogens is 238 g/mol. The number of carbonyl (C=O) groups is 1. The van der Waals surface area contributed by atoms with Gasteiger partial charge in [0.25, 0.3) is 0 Å². The van der Waals surface area contributed by atoms with E-state index in [-0.39, 0.29) is 5.97 Å². The second-order valence-electron chi connectivity index (χ2n) is 5.66. The van der Waals surface area contributed by atoms with Crippen LogP contribution in [-0.2, 0) is 9.53 Å². The van der Waals surface area contributed by atoms with E-state index in [1.54, 1.807) is 0 Å². The van der Waals surface area contributed by atoms with Gasteiger partial charge in [-0.2, -0.15) is 0 Å². The van der Waals surface area contributed by atoms with Crippen LogP contribution in [0.15, 0.2) is 30.3 Å². The van der Waals surface area contributed by atoms with Crippen LogP contribution in [0.25, 0.3) is 0 Å². The SMILES string of the molecule is CCC(NCCC(=O)OC(C)(C)C)c1ccccc1. The first kappa shape index (κ1) is 15.7. The van der Waals surface area contributed by atoms with Gasteiger partial charge in [0.1, 0.15) is 5.60 Å². The Labute approximate surface area is 116 Å². The molecule has 1 N–H and O–H groups in total. The molecule has 0 aliphatic rings. The van der Waals surface area contributed by atoms with E-state index in [0.29, 0.717) is 19.0 Å². The zero-order chi connectivity index (χ0) is 14.3. The summed E-state index contributed by atoms with van der Waals surface area (Å²) >= 11 is 0. The van der Waals surface area contributed by atoms with Gasteiger partial charge in [0.2, 0.25) is 0 Å². The first-order valence-corrected chi connectivity index (χ1v) is 6.92. The number of benzene rings is 1. The van der Waals surface area contributed by atoms with Crippen molar-refractivity contribution in [2.75, 3.05) is 6.54 Å². The van der Waals surface area contributed by atoms with Crippen molar-refractivity contribution in [2.45, 2.75) is 52.2 Å². The Balaban J connectivity index is 2.37. The van der Waals surface area contributed by atoms with Crippen LogP contribution < -0.4 is 5.32 Å². The fourth-order valence-electron chi connectivity index (χ4n) is 1.92. The van der Waals surface area contributed by atoms with Gasteiger partial charge < -0.3 is 10.1 Å². The van der Waals surface area contributed by atoms with Gasteiger partial charge in [-0.3, -0.25) is 4.79 Å². The number of hydrogen-bond donors (Lipinski definition) is 1. The molecule has 0 amide bonds. The van der Waals surface area contributed by atoms with Crippen LogP contribution in [0, 0.1) is 0 Å². The van der Waals surface area contributed by atoms with E-state index < -0.39 is 5.60 Å². The molecule has 106 valence electrons. The lowest BCUT2D eigenvalue weighted by molar-refractivity contribution is -0.154. The maximum atomic E-state index is 11.6. The third kappa shape index (κ3) is 6.39. The summed E-state index contributed by atoms with van der Waals surface area (Å²) in [6, 6.07) is 10.6. The molecule has 0 aliphatic heterocycles. The van der Waals surface area contributed by atoms with Gasteiger partial charge in [-0.25, -0.2) is 0 Å². The summed E-state index contributed by atoms with van der Waals surface area (Å²) in [5.74, 6) is -0.150. The summed E-state index contributed by atoms with van der Waals surface area (Å²) in [5, 5.41) is 3.40. The van der Waals surface area contributed by atoms with Gasteiger partial charge in [-0.1, -0.05) is 37.3 Å². The van der Waals surface area contributed by atoms with E-state index in [1.165, 1.54) is 5.56 Å². The molecule has 0 heterocycles. The smallest absolute Gasteiger partial charge is 0.307 e. The Kier molecular flexibility index (Phi) is 6.03. The maximum Gasteiger partial charge on any atom is 0.307 e. The van der Waals surface area contributed by atoms with Gasteiger partial charge >= 0.3 is 5.97 Å². The predicted molar refractivity (Wildman–Crippen MR) is 77.9 cm³/mol. The summed E-state index contributed by atoms with van der Waals surface area (Å²) in [7, 11) is 0. The van der Waals surface area contributed by atoms with Crippen LogP contribution in [0.1, 0.15) is 52.1 Å². The zero-order valence-corrected chi connectivity index (χ0v) is 12.4. The van der Waals surface area contributed by atoms with Crippen molar-refractivity contribution < 1.29 is 9.53 Å². The number of hydrogen-bond acceptors (Lipinski definition) is 3. The van der Waals surface area contributed by atoms with Crippen LogP contribution >= 0.6 is 0 Å². The van der Waals surface area contributed by atoms with Crippen molar-refractivity contribution in [3.63, 3.8) is 0 Å². The summed E-state index contributed by atoms with van der Waals surface area (Å²) in [5.41, 5.74) is 0.856. The van der Waals surface area contributed by atoms with E-state index in [1.807, 2.05) is 39.0 Å².